The molecule has 1 fully saturated rings. The molecule has 0 spiro atoms. The third kappa shape index (κ3) is 6.06. The number of likely N-dealkylation sites (tertiary alicyclic amines) is 1. The largest absolute Gasteiger partial charge is 0.505 e. The van der Waals surface area contributed by atoms with Crippen LogP contribution in [0.5, 0.6) is 17.4 Å². The predicted octanol–water partition coefficient (Wildman–Crippen LogP) is 6.77. The zero-order valence-corrected chi connectivity index (χ0v) is 21.7. The second-order valence-corrected chi connectivity index (χ2v) is 9.91. The molecule has 5 rings (SSSR count). The highest BCUT2D eigenvalue weighted by atomic mass is 19.3. The lowest BCUT2D eigenvalue weighted by Gasteiger charge is -2.18. The first-order valence-electron chi connectivity index (χ1n) is 13.2. The Morgan fingerprint density at radius 3 is 2.60 bits per heavy atom. The van der Waals surface area contributed by atoms with E-state index in [1.165, 1.54) is 12.1 Å². The first-order chi connectivity index (χ1) is 19.3. The monoisotopic (exact) mass is 560 g/mol. The topological polar surface area (TPSA) is 54.8 Å². The third-order valence-corrected chi connectivity index (χ3v) is 7.29. The second-order valence-electron chi connectivity index (χ2n) is 9.91. The fourth-order valence-electron chi connectivity index (χ4n) is 5.46. The number of phenolic OH excluding ortho intramolecular Hbond substituents is 1. The molecule has 2 heterocycles. The first-order valence-corrected chi connectivity index (χ1v) is 13.2. The van der Waals surface area contributed by atoms with Gasteiger partial charge in [0.15, 0.2) is 23.1 Å². The number of pyridine rings is 1. The number of fused-ring (bicyclic) bond motifs is 1. The van der Waals surface area contributed by atoms with E-state index >= 15 is 4.39 Å². The summed E-state index contributed by atoms with van der Waals surface area (Å²) in [5.74, 6) is -2.27. The molecule has 212 valence electrons. The maximum atomic E-state index is 15.0. The van der Waals surface area contributed by atoms with E-state index < -0.39 is 29.7 Å². The van der Waals surface area contributed by atoms with Crippen molar-refractivity contribution in [3.8, 4) is 17.4 Å². The van der Waals surface area contributed by atoms with Crippen LogP contribution in [0.25, 0.3) is 11.1 Å². The summed E-state index contributed by atoms with van der Waals surface area (Å²) >= 11 is 0. The summed E-state index contributed by atoms with van der Waals surface area (Å²) in [6.45, 7) is -1.32. The lowest BCUT2D eigenvalue weighted by molar-refractivity contribution is -0.0521. The number of aromatic hydroxyl groups is 1. The Hall–Kier alpha value is -3.66. The average Bonchev–Trinajstić information content (AvgIpc) is 3.29. The van der Waals surface area contributed by atoms with Crippen LogP contribution in [0.3, 0.4) is 0 Å². The minimum Gasteiger partial charge on any atom is -0.505 e. The molecule has 0 unspecified atom stereocenters. The van der Waals surface area contributed by atoms with Crippen LogP contribution in [0.1, 0.15) is 47.9 Å². The molecule has 1 aromatic heterocycles. The molecular weight excluding hydrogens is 531 g/mol. The highest BCUT2D eigenvalue weighted by molar-refractivity contribution is 6.00. The molecule has 1 aliphatic carbocycles. The fourth-order valence-corrected chi connectivity index (χ4v) is 5.46. The molecule has 0 amide bonds. The van der Waals surface area contributed by atoms with Crippen LogP contribution in [-0.2, 0) is 6.42 Å². The summed E-state index contributed by atoms with van der Waals surface area (Å²) in [7, 11) is 0. The Kier molecular flexibility index (Phi) is 8.54. The number of phenols is 1. The van der Waals surface area contributed by atoms with Crippen molar-refractivity contribution >= 4 is 11.1 Å². The van der Waals surface area contributed by atoms with Gasteiger partial charge in [-0.1, -0.05) is 12.1 Å². The van der Waals surface area contributed by atoms with Crippen molar-refractivity contribution in [1.82, 2.24) is 9.88 Å². The minimum atomic E-state index is -3.16. The van der Waals surface area contributed by atoms with E-state index in [0.29, 0.717) is 78.1 Å². The van der Waals surface area contributed by atoms with Gasteiger partial charge in [-0.05, 0) is 84.2 Å². The quantitative estimate of drug-likeness (QED) is 0.293. The van der Waals surface area contributed by atoms with E-state index in [1.807, 2.05) is 0 Å². The van der Waals surface area contributed by atoms with E-state index in [0.717, 1.165) is 25.1 Å². The number of ether oxygens (including phenoxy) is 2. The maximum absolute atomic E-state index is 15.0. The number of rotatable bonds is 9. The van der Waals surface area contributed by atoms with Crippen molar-refractivity contribution in [2.24, 2.45) is 0 Å². The van der Waals surface area contributed by atoms with Crippen LogP contribution in [0, 0.1) is 11.6 Å². The molecule has 10 heteroatoms. The van der Waals surface area contributed by atoms with Crippen LogP contribution < -0.4 is 9.47 Å². The van der Waals surface area contributed by atoms with Crippen LogP contribution >= 0.6 is 0 Å². The van der Waals surface area contributed by atoms with Crippen molar-refractivity contribution in [2.45, 2.75) is 44.8 Å². The van der Waals surface area contributed by atoms with Gasteiger partial charge in [-0.15, -0.1) is 0 Å². The number of nitrogens with zero attached hydrogens (tertiary/aromatic N) is 2. The van der Waals surface area contributed by atoms with Crippen LogP contribution in [-0.4, -0.2) is 54.0 Å². The van der Waals surface area contributed by atoms with Gasteiger partial charge in [0.1, 0.15) is 6.10 Å². The number of alkyl halides is 3. The van der Waals surface area contributed by atoms with Gasteiger partial charge in [0.05, 0.1) is 6.67 Å². The van der Waals surface area contributed by atoms with Gasteiger partial charge in [0, 0.05) is 37.5 Å². The van der Waals surface area contributed by atoms with Crippen molar-refractivity contribution in [3.63, 3.8) is 0 Å². The molecule has 3 aromatic rings. The van der Waals surface area contributed by atoms with Crippen LogP contribution in [0.2, 0.25) is 0 Å². The zero-order chi connectivity index (χ0) is 28.2. The Morgan fingerprint density at radius 1 is 1.05 bits per heavy atom. The molecule has 0 bridgehead atoms. The predicted molar refractivity (Wildman–Crippen MR) is 140 cm³/mol. The van der Waals surface area contributed by atoms with E-state index in [9.17, 15) is 22.7 Å². The molecule has 0 radical (unpaired) electrons. The Morgan fingerprint density at radius 2 is 1.88 bits per heavy atom. The molecule has 1 saturated heterocycles. The maximum Gasteiger partial charge on any atom is 0.387 e. The summed E-state index contributed by atoms with van der Waals surface area (Å²) in [4.78, 5) is 6.64. The third-order valence-electron chi connectivity index (χ3n) is 7.29. The standard InChI is InChI=1S/C30H29F5N2O3/c31-12-2-13-37-14-11-20(17-37)39-27-10-6-19(16-36-27)28-21(18-5-9-26(24(32)15-18)40-30(34)35)3-1-4-23-22(28)7-8-25(38)29(23)33/h5-10,15-16,20,30,38H,1-4,11-14,17H2/t20-/m0/s1. The smallest absolute Gasteiger partial charge is 0.387 e. The van der Waals surface area contributed by atoms with Gasteiger partial charge in [-0.25, -0.2) is 13.8 Å². The van der Waals surface area contributed by atoms with Gasteiger partial charge in [-0.2, -0.15) is 8.78 Å². The normalized spacial score (nSPS) is 17.7. The second kappa shape index (κ2) is 12.2. The molecule has 1 atom stereocenters. The lowest BCUT2D eigenvalue weighted by atomic mass is 9.88. The molecular formula is C30H29F5N2O3. The lowest BCUT2D eigenvalue weighted by Crippen LogP contribution is -2.26. The number of allylic oxidation sites excluding steroid dienone is 1. The molecule has 5 nitrogen and oxygen atoms in total. The van der Waals surface area contributed by atoms with Gasteiger partial charge in [0.25, 0.3) is 0 Å². The summed E-state index contributed by atoms with van der Waals surface area (Å²) in [5.41, 5.74) is 3.22. The number of halogens is 5. The van der Waals surface area contributed by atoms with Gasteiger partial charge in [-0.3, -0.25) is 9.29 Å². The summed E-state index contributed by atoms with van der Waals surface area (Å²) < 4.78 is 77.9. The van der Waals surface area contributed by atoms with E-state index in [2.05, 4.69) is 14.6 Å². The van der Waals surface area contributed by atoms with E-state index in [-0.39, 0.29) is 12.8 Å². The van der Waals surface area contributed by atoms with Gasteiger partial charge >= 0.3 is 6.61 Å². The van der Waals surface area contributed by atoms with Crippen molar-refractivity contribution in [2.75, 3.05) is 26.3 Å². The number of aromatic nitrogens is 1. The number of hydrogen-bond acceptors (Lipinski definition) is 5. The molecule has 40 heavy (non-hydrogen) atoms. The summed E-state index contributed by atoms with van der Waals surface area (Å²) in [6, 6.07) is 10.2. The van der Waals surface area contributed by atoms with E-state index in [1.54, 1.807) is 24.4 Å². The van der Waals surface area contributed by atoms with Crippen molar-refractivity contribution in [3.05, 3.63) is 82.5 Å². The Bertz CT molecular complexity index is 1380. The molecule has 1 aliphatic heterocycles. The minimum absolute atomic E-state index is 0.0691. The molecule has 2 aliphatic rings. The summed E-state index contributed by atoms with van der Waals surface area (Å²) in [6.07, 6.45) is 4.12. The zero-order valence-electron chi connectivity index (χ0n) is 21.7. The van der Waals surface area contributed by atoms with Gasteiger partial charge < -0.3 is 14.6 Å². The van der Waals surface area contributed by atoms with Crippen LogP contribution in [0.15, 0.2) is 48.7 Å². The average molecular weight is 561 g/mol. The molecule has 2 aromatic carbocycles. The van der Waals surface area contributed by atoms with Crippen molar-refractivity contribution < 1.29 is 36.5 Å². The Labute approximate surface area is 228 Å². The highest BCUT2D eigenvalue weighted by Crippen LogP contribution is 2.42. The SMILES string of the molecule is Oc1ccc2c(c1F)CCCC(c1ccc(OC(F)F)c(F)c1)=C2c1ccc(O[C@H]2CCN(CCCF)C2)nc1. The first kappa shape index (κ1) is 27.9. The molecule has 0 saturated carbocycles. The summed E-state index contributed by atoms with van der Waals surface area (Å²) in [5, 5.41) is 10.0. The van der Waals surface area contributed by atoms with Crippen LogP contribution in [0.4, 0.5) is 22.0 Å². The number of hydrogen-bond donors (Lipinski definition) is 1. The molecule has 1 N–H and O–H groups in total. The van der Waals surface area contributed by atoms with Gasteiger partial charge in [0.2, 0.25) is 5.88 Å². The number of benzene rings is 2. The van der Waals surface area contributed by atoms with E-state index in [4.69, 9.17) is 4.74 Å². The van der Waals surface area contributed by atoms with Crippen molar-refractivity contribution in [1.29, 1.82) is 0 Å². The fraction of sp³-hybridized carbons (Fsp3) is 0.367. The highest BCUT2D eigenvalue weighted by Gasteiger charge is 2.26. The Balaban J connectivity index is 1.51.